The Labute approximate surface area is 159 Å². The average Bonchev–Trinajstić information content (AvgIpc) is 2.62. The van der Waals surface area contributed by atoms with Gasteiger partial charge in [0, 0.05) is 6.42 Å². The summed E-state index contributed by atoms with van der Waals surface area (Å²) in [6.07, 6.45) is 27.5. The molecule has 0 aliphatic rings. The van der Waals surface area contributed by atoms with Crippen molar-refractivity contribution in [1.29, 1.82) is 0 Å². The highest BCUT2D eigenvalue weighted by Gasteiger charge is 2.02. The van der Waals surface area contributed by atoms with Crippen LogP contribution in [0.2, 0.25) is 0 Å². The second-order valence-corrected chi connectivity index (χ2v) is 6.34. The van der Waals surface area contributed by atoms with Gasteiger partial charge in [0.05, 0.1) is 0 Å². The van der Waals surface area contributed by atoms with Crippen LogP contribution in [0.3, 0.4) is 0 Å². The molecule has 3 nitrogen and oxygen atoms in total. The molecule has 0 fully saturated rings. The summed E-state index contributed by atoms with van der Waals surface area (Å²) in [6, 6.07) is 0. The quantitative estimate of drug-likeness (QED) is 0.185. The van der Waals surface area contributed by atoms with Gasteiger partial charge in [-0.3, -0.25) is 9.59 Å². The first-order valence-corrected chi connectivity index (χ1v) is 9.91. The lowest BCUT2D eigenvalue weighted by Gasteiger charge is -2.00. The summed E-state index contributed by atoms with van der Waals surface area (Å²) in [5, 5.41) is 0. The molecule has 0 amide bonds. The number of ether oxygens (including phenoxy) is 1. The molecule has 0 atom stereocenters. The highest BCUT2D eigenvalue weighted by Crippen LogP contribution is 2.02. The minimum atomic E-state index is -0.295. The molecule has 0 aliphatic heterocycles. The smallest absolute Gasteiger partial charge is 0.306 e. The lowest BCUT2D eigenvalue weighted by atomic mass is 10.2. The molecule has 0 aromatic heterocycles. The van der Waals surface area contributed by atoms with Crippen LogP contribution in [0, 0.1) is 0 Å². The predicted molar refractivity (Wildman–Crippen MR) is 110 cm³/mol. The molecule has 0 aromatic rings. The fourth-order valence-electron chi connectivity index (χ4n) is 2.18. The van der Waals surface area contributed by atoms with E-state index in [1.54, 1.807) is 0 Å². The Morgan fingerprint density at radius 1 is 0.731 bits per heavy atom. The van der Waals surface area contributed by atoms with Crippen LogP contribution >= 0.6 is 0 Å². The third-order valence-corrected chi connectivity index (χ3v) is 3.65. The maximum absolute atomic E-state index is 11.3. The fourth-order valence-corrected chi connectivity index (χ4v) is 2.18. The van der Waals surface area contributed by atoms with Gasteiger partial charge in [-0.1, -0.05) is 68.4 Å². The number of carbonyl (C=O) groups excluding carboxylic acids is 2. The van der Waals surface area contributed by atoms with Crippen molar-refractivity contribution in [3.05, 3.63) is 48.6 Å². The Bertz CT molecular complexity index is 470. The minimum Gasteiger partial charge on any atom is -0.458 e. The van der Waals surface area contributed by atoms with E-state index in [0.29, 0.717) is 6.42 Å². The summed E-state index contributed by atoms with van der Waals surface area (Å²) in [5.74, 6) is -0.421. The van der Waals surface area contributed by atoms with Crippen molar-refractivity contribution in [2.45, 2.75) is 78.1 Å². The summed E-state index contributed by atoms with van der Waals surface area (Å²) in [5.41, 5.74) is 0. The monoisotopic (exact) mass is 360 g/mol. The lowest BCUT2D eigenvalue weighted by Crippen LogP contribution is -2.10. The standard InChI is InChI=1S/C23H36O3/c1-3-4-5-6-7-8-9-10-11-12-13-14-15-16-17-18-19-20-23(25)26-21-22(2)24/h7-8,10-11,13-14,16-17H,3-6,9,12,15,18-21H2,1-2H3. The molecule has 0 rings (SSSR count). The SMILES string of the molecule is CCCCCC=CCC=CCC=CCC=CCCCC(=O)OCC(C)=O. The number of esters is 1. The topological polar surface area (TPSA) is 43.4 Å². The van der Waals surface area contributed by atoms with E-state index in [0.717, 1.165) is 32.1 Å². The zero-order valence-electron chi connectivity index (χ0n) is 16.6. The molecule has 0 heterocycles. The molecule has 0 unspecified atom stereocenters. The summed E-state index contributed by atoms with van der Waals surface area (Å²) >= 11 is 0. The van der Waals surface area contributed by atoms with Crippen LogP contribution in [0.1, 0.15) is 78.1 Å². The molecular weight excluding hydrogens is 324 g/mol. The third-order valence-electron chi connectivity index (χ3n) is 3.65. The maximum atomic E-state index is 11.3. The second-order valence-electron chi connectivity index (χ2n) is 6.34. The van der Waals surface area contributed by atoms with Gasteiger partial charge in [-0.05, 0) is 51.9 Å². The van der Waals surface area contributed by atoms with Gasteiger partial charge in [-0.15, -0.1) is 0 Å². The fraction of sp³-hybridized carbons (Fsp3) is 0.565. The van der Waals surface area contributed by atoms with Crippen LogP contribution in [0.4, 0.5) is 0 Å². The van der Waals surface area contributed by atoms with E-state index < -0.39 is 0 Å². The van der Waals surface area contributed by atoms with E-state index in [4.69, 9.17) is 4.74 Å². The molecule has 0 radical (unpaired) electrons. The number of hydrogen-bond acceptors (Lipinski definition) is 3. The number of hydrogen-bond donors (Lipinski definition) is 0. The molecule has 3 heteroatoms. The highest BCUT2D eigenvalue weighted by atomic mass is 16.5. The van der Waals surface area contributed by atoms with E-state index in [1.165, 1.54) is 32.6 Å². The van der Waals surface area contributed by atoms with Crippen molar-refractivity contribution in [2.24, 2.45) is 0 Å². The second kappa shape index (κ2) is 19.4. The first kappa shape index (κ1) is 24.1. The van der Waals surface area contributed by atoms with Crippen LogP contribution in [0.15, 0.2) is 48.6 Å². The average molecular weight is 361 g/mol. The van der Waals surface area contributed by atoms with Crippen LogP contribution < -0.4 is 0 Å². The Kier molecular flexibility index (Phi) is 18.0. The van der Waals surface area contributed by atoms with E-state index in [2.05, 4.69) is 55.5 Å². The van der Waals surface area contributed by atoms with Gasteiger partial charge in [-0.25, -0.2) is 0 Å². The van der Waals surface area contributed by atoms with Crippen LogP contribution in [-0.4, -0.2) is 18.4 Å². The lowest BCUT2D eigenvalue weighted by molar-refractivity contribution is -0.147. The van der Waals surface area contributed by atoms with Crippen molar-refractivity contribution < 1.29 is 14.3 Å². The van der Waals surface area contributed by atoms with Crippen LogP contribution in [-0.2, 0) is 14.3 Å². The molecular formula is C23H36O3. The third kappa shape index (κ3) is 20.1. The number of unbranched alkanes of at least 4 members (excludes halogenated alkanes) is 4. The zero-order valence-corrected chi connectivity index (χ0v) is 16.6. The Hall–Kier alpha value is -1.90. The summed E-state index contributed by atoms with van der Waals surface area (Å²) in [7, 11) is 0. The Morgan fingerprint density at radius 3 is 1.73 bits per heavy atom. The molecule has 0 bridgehead atoms. The van der Waals surface area contributed by atoms with Crippen molar-refractivity contribution in [2.75, 3.05) is 6.61 Å². The molecule has 146 valence electrons. The van der Waals surface area contributed by atoms with Gasteiger partial charge >= 0.3 is 5.97 Å². The highest BCUT2D eigenvalue weighted by molar-refractivity contribution is 5.80. The summed E-state index contributed by atoms with van der Waals surface area (Å²) < 4.78 is 4.80. The largest absolute Gasteiger partial charge is 0.458 e. The number of carbonyl (C=O) groups is 2. The number of allylic oxidation sites excluding steroid dienone is 8. The summed E-state index contributed by atoms with van der Waals surface area (Å²) in [4.78, 5) is 22.0. The molecule has 0 N–H and O–H groups in total. The minimum absolute atomic E-state index is 0.108. The van der Waals surface area contributed by atoms with Crippen molar-refractivity contribution >= 4 is 11.8 Å². The maximum Gasteiger partial charge on any atom is 0.306 e. The van der Waals surface area contributed by atoms with Crippen LogP contribution in [0.5, 0.6) is 0 Å². The van der Waals surface area contributed by atoms with Gasteiger partial charge in [0.1, 0.15) is 6.61 Å². The van der Waals surface area contributed by atoms with E-state index in [1.807, 2.05) is 0 Å². The molecule has 26 heavy (non-hydrogen) atoms. The number of Topliss-reactive ketones (excluding diaryl/α,β-unsaturated/α-hetero) is 1. The van der Waals surface area contributed by atoms with Crippen molar-refractivity contribution in [3.8, 4) is 0 Å². The Morgan fingerprint density at radius 2 is 1.23 bits per heavy atom. The van der Waals surface area contributed by atoms with E-state index in [-0.39, 0.29) is 18.4 Å². The molecule has 0 aromatic carbocycles. The van der Waals surface area contributed by atoms with Gasteiger partial charge in [0.2, 0.25) is 0 Å². The van der Waals surface area contributed by atoms with Gasteiger partial charge < -0.3 is 4.74 Å². The van der Waals surface area contributed by atoms with Crippen molar-refractivity contribution in [3.63, 3.8) is 0 Å². The Balaban J connectivity index is 3.48. The zero-order chi connectivity index (χ0) is 19.3. The number of ketones is 1. The molecule has 0 saturated heterocycles. The molecule has 0 saturated carbocycles. The first-order chi connectivity index (χ1) is 12.7. The van der Waals surface area contributed by atoms with Gasteiger partial charge in [0.15, 0.2) is 5.78 Å². The van der Waals surface area contributed by atoms with Crippen molar-refractivity contribution in [1.82, 2.24) is 0 Å². The van der Waals surface area contributed by atoms with E-state index >= 15 is 0 Å². The van der Waals surface area contributed by atoms with Gasteiger partial charge in [0.25, 0.3) is 0 Å². The van der Waals surface area contributed by atoms with Gasteiger partial charge in [-0.2, -0.15) is 0 Å². The first-order valence-electron chi connectivity index (χ1n) is 9.91. The number of rotatable bonds is 16. The normalized spacial score (nSPS) is 12.1. The molecule has 0 spiro atoms. The summed E-state index contributed by atoms with van der Waals surface area (Å²) in [6.45, 7) is 3.53. The predicted octanol–water partition coefficient (Wildman–Crippen LogP) is 6.26. The molecule has 0 aliphatic carbocycles. The van der Waals surface area contributed by atoms with Crippen LogP contribution in [0.25, 0.3) is 0 Å². The van der Waals surface area contributed by atoms with E-state index in [9.17, 15) is 9.59 Å².